The molecule has 0 saturated carbocycles. The molecule has 2 rings (SSSR count). The average Bonchev–Trinajstić information content (AvgIpc) is 2.82. The first-order valence-corrected chi connectivity index (χ1v) is 5.80. The summed E-state index contributed by atoms with van der Waals surface area (Å²) < 4.78 is 0. The number of aromatic nitrogens is 1. The third kappa shape index (κ3) is 2.32. The highest BCUT2D eigenvalue weighted by Crippen LogP contribution is 2.20. The molecule has 0 N–H and O–H groups in total. The topological polar surface area (TPSA) is 16.1 Å². The summed E-state index contributed by atoms with van der Waals surface area (Å²) in [5.74, 6) is 1.53. The van der Waals surface area contributed by atoms with E-state index in [1.807, 2.05) is 12.3 Å². The lowest BCUT2D eigenvalue weighted by molar-refractivity contribution is 0.937. The van der Waals surface area contributed by atoms with E-state index in [2.05, 4.69) is 22.5 Å². The number of alkyl halides is 1. The van der Waals surface area contributed by atoms with Crippen LogP contribution >= 0.6 is 11.6 Å². The highest BCUT2D eigenvalue weighted by Gasteiger charge is 2.12. The fourth-order valence-electron chi connectivity index (χ4n) is 1.81. The molecule has 0 aliphatic carbocycles. The third-order valence-corrected chi connectivity index (χ3v) is 3.07. The Morgan fingerprint density at radius 2 is 2.13 bits per heavy atom. The van der Waals surface area contributed by atoms with Crippen LogP contribution in [-0.2, 0) is 0 Å². The molecule has 0 atom stereocenters. The molecule has 0 bridgehead atoms. The second-order valence-electron chi connectivity index (χ2n) is 3.84. The van der Waals surface area contributed by atoms with Crippen molar-refractivity contribution in [2.24, 2.45) is 0 Å². The third-order valence-electron chi connectivity index (χ3n) is 2.75. The van der Waals surface area contributed by atoms with Crippen molar-refractivity contribution in [1.82, 2.24) is 4.98 Å². The normalized spacial score (nSPS) is 15.7. The summed E-state index contributed by atoms with van der Waals surface area (Å²) in [4.78, 5) is 6.75. The van der Waals surface area contributed by atoms with E-state index in [-0.39, 0.29) is 0 Å². The SMILES string of the molecule is C=C(CCl)c1ccc(N2CCCC2)nc1. The van der Waals surface area contributed by atoms with Crippen LogP contribution in [0.4, 0.5) is 5.82 Å². The van der Waals surface area contributed by atoms with E-state index in [0.717, 1.165) is 30.0 Å². The van der Waals surface area contributed by atoms with Gasteiger partial charge in [-0.05, 0) is 36.1 Å². The Bertz CT molecular complexity index is 339. The number of halogens is 1. The monoisotopic (exact) mass is 222 g/mol. The van der Waals surface area contributed by atoms with Crippen molar-refractivity contribution in [3.63, 3.8) is 0 Å². The predicted molar refractivity (Wildman–Crippen MR) is 65.4 cm³/mol. The van der Waals surface area contributed by atoms with E-state index in [0.29, 0.717) is 5.88 Å². The summed E-state index contributed by atoms with van der Waals surface area (Å²) in [7, 11) is 0. The number of anilines is 1. The van der Waals surface area contributed by atoms with Crippen LogP contribution in [0.5, 0.6) is 0 Å². The molecule has 2 heterocycles. The van der Waals surface area contributed by atoms with Crippen molar-refractivity contribution >= 4 is 23.0 Å². The Morgan fingerprint density at radius 1 is 1.40 bits per heavy atom. The number of hydrogen-bond acceptors (Lipinski definition) is 2. The molecule has 1 aliphatic heterocycles. The molecular weight excluding hydrogens is 208 g/mol. The Balaban J connectivity index is 2.12. The zero-order valence-corrected chi connectivity index (χ0v) is 9.50. The molecule has 3 heteroatoms. The predicted octanol–water partition coefficient (Wildman–Crippen LogP) is 2.93. The van der Waals surface area contributed by atoms with Gasteiger partial charge < -0.3 is 4.90 Å². The molecular formula is C12H15ClN2. The Kier molecular flexibility index (Phi) is 3.27. The highest BCUT2D eigenvalue weighted by molar-refractivity contribution is 6.23. The first kappa shape index (κ1) is 10.5. The van der Waals surface area contributed by atoms with Crippen molar-refractivity contribution in [3.05, 3.63) is 30.5 Å². The lowest BCUT2D eigenvalue weighted by atomic mass is 10.1. The van der Waals surface area contributed by atoms with Gasteiger partial charge >= 0.3 is 0 Å². The van der Waals surface area contributed by atoms with Crippen molar-refractivity contribution in [2.75, 3.05) is 23.9 Å². The van der Waals surface area contributed by atoms with E-state index in [4.69, 9.17) is 11.6 Å². The van der Waals surface area contributed by atoms with Crippen LogP contribution < -0.4 is 4.90 Å². The molecule has 80 valence electrons. The zero-order valence-electron chi connectivity index (χ0n) is 8.75. The van der Waals surface area contributed by atoms with Crippen LogP contribution in [0.25, 0.3) is 5.57 Å². The van der Waals surface area contributed by atoms with Crippen molar-refractivity contribution in [3.8, 4) is 0 Å². The van der Waals surface area contributed by atoms with E-state index >= 15 is 0 Å². The molecule has 1 aromatic rings. The van der Waals surface area contributed by atoms with Gasteiger partial charge in [0.15, 0.2) is 0 Å². The molecule has 1 aromatic heterocycles. The van der Waals surface area contributed by atoms with Gasteiger partial charge in [-0.1, -0.05) is 6.58 Å². The number of pyridine rings is 1. The van der Waals surface area contributed by atoms with Gasteiger partial charge in [-0.25, -0.2) is 4.98 Å². The number of hydrogen-bond donors (Lipinski definition) is 0. The van der Waals surface area contributed by atoms with Gasteiger partial charge in [0.25, 0.3) is 0 Å². The lowest BCUT2D eigenvalue weighted by Gasteiger charge is -2.16. The van der Waals surface area contributed by atoms with Crippen LogP contribution in [0.2, 0.25) is 0 Å². The minimum atomic E-state index is 0.463. The van der Waals surface area contributed by atoms with Crippen LogP contribution in [0, 0.1) is 0 Å². The first-order valence-electron chi connectivity index (χ1n) is 5.26. The van der Waals surface area contributed by atoms with Gasteiger partial charge in [0.2, 0.25) is 0 Å². The average molecular weight is 223 g/mol. The summed E-state index contributed by atoms with van der Waals surface area (Å²) in [6.45, 7) is 6.14. The van der Waals surface area contributed by atoms with Crippen LogP contribution in [-0.4, -0.2) is 24.0 Å². The van der Waals surface area contributed by atoms with E-state index in [1.54, 1.807) is 0 Å². The molecule has 0 radical (unpaired) electrons. The standard InChI is InChI=1S/C12H15ClN2/c1-10(8-13)11-4-5-12(14-9-11)15-6-2-3-7-15/h4-5,9H,1-3,6-8H2. The van der Waals surface area contributed by atoms with Gasteiger partial charge in [-0.2, -0.15) is 0 Å². The quantitative estimate of drug-likeness (QED) is 0.732. The van der Waals surface area contributed by atoms with Gasteiger partial charge in [0.05, 0.1) is 0 Å². The van der Waals surface area contributed by atoms with Gasteiger partial charge in [0, 0.05) is 25.2 Å². The summed E-state index contributed by atoms with van der Waals surface area (Å²) in [5.41, 5.74) is 1.96. The fraction of sp³-hybridized carbons (Fsp3) is 0.417. The van der Waals surface area contributed by atoms with Crippen molar-refractivity contribution in [2.45, 2.75) is 12.8 Å². The zero-order chi connectivity index (χ0) is 10.7. The van der Waals surface area contributed by atoms with Crippen LogP contribution in [0.1, 0.15) is 18.4 Å². The molecule has 0 aromatic carbocycles. The van der Waals surface area contributed by atoms with Gasteiger partial charge in [-0.15, -0.1) is 11.6 Å². The molecule has 0 unspecified atom stereocenters. The summed E-state index contributed by atoms with van der Waals surface area (Å²) in [5, 5.41) is 0. The maximum atomic E-state index is 5.72. The molecule has 0 spiro atoms. The van der Waals surface area contributed by atoms with Crippen molar-refractivity contribution in [1.29, 1.82) is 0 Å². The molecule has 0 amide bonds. The number of allylic oxidation sites excluding steroid dienone is 1. The Labute approximate surface area is 95.6 Å². The maximum absolute atomic E-state index is 5.72. The minimum Gasteiger partial charge on any atom is -0.357 e. The lowest BCUT2D eigenvalue weighted by Crippen LogP contribution is -2.18. The first-order chi connectivity index (χ1) is 7.31. The minimum absolute atomic E-state index is 0.463. The largest absolute Gasteiger partial charge is 0.357 e. The molecule has 1 saturated heterocycles. The molecule has 1 fully saturated rings. The molecule has 2 nitrogen and oxygen atoms in total. The Morgan fingerprint density at radius 3 is 2.67 bits per heavy atom. The number of rotatable bonds is 3. The van der Waals surface area contributed by atoms with Gasteiger partial charge in [0.1, 0.15) is 5.82 Å². The highest BCUT2D eigenvalue weighted by atomic mass is 35.5. The van der Waals surface area contributed by atoms with Crippen LogP contribution in [0.15, 0.2) is 24.9 Å². The fourth-order valence-corrected chi connectivity index (χ4v) is 1.96. The second kappa shape index (κ2) is 4.67. The van der Waals surface area contributed by atoms with E-state index in [9.17, 15) is 0 Å². The molecule has 1 aliphatic rings. The second-order valence-corrected chi connectivity index (χ2v) is 4.10. The summed E-state index contributed by atoms with van der Waals surface area (Å²) in [6.07, 6.45) is 4.41. The smallest absolute Gasteiger partial charge is 0.128 e. The van der Waals surface area contributed by atoms with Gasteiger partial charge in [-0.3, -0.25) is 0 Å². The Hall–Kier alpha value is -1.02. The summed E-state index contributed by atoms with van der Waals surface area (Å²) >= 11 is 5.72. The maximum Gasteiger partial charge on any atom is 0.128 e. The van der Waals surface area contributed by atoms with E-state index < -0.39 is 0 Å². The molecule has 15 heavy (non-hydrogen) atoms. The van der Waals surface area contributed by atoms with Crippen LogP contribution in [0.3, 0.4) is 0 Å². The van der Waals surface area contributed by atoms with E-state index in [1.165, 1.54) is 12.8 Å². The summed E-state index contributed by atoms with van der Waals surface area (Å²) in [6, 6.07) is 4.10. The van der Waals surface area contributed by atoms with Crippen molar-refractivity contribution < 1.29 is 0 Å². The number of nitrogens with zero attached hydrogens (tertiary/aromatic N) is 2.